The Morgan fingerprint density at radius 2 is 1.26 bits per heavy atom. The molecule has 4 heteroatoms. The first kappa shape index (κ1) is 16.9. The van der Waals surface area contributed by atoms with E-state index in [4.69, 9.17) is 19.7 Å². The lowest BCUT2D eigenvalue weighted by molar-refractivity contribution is -0.140. The molecule has 2 fully saturated rings. The summed E-state index contributed by atoms with van der Waals surface area (Å²) in [5.41, 5.74) is 0.498. The van der Waals surface area contributed by atoms with Crippen LogP contribution in [0, 0.1) is 10.8 Å². The van der Waals surface area contributed by atoms with Gasteiger partial charge in [-0.2, -0.15) is 0 Å². The molecule has 0 aromatic carbocycles. The van der Waals surface area contributed by atoms with Gasteiger partial charge in [-0.15, -0.1) is 0 Å². The van der Waals surface area contributed by atoms with Crippen molar-refractivity contribution in [1.82, 2.24) is 0 Å². The molecule has 0 bridgehead atoms. The van der Waals surface area contributed by atoms with Gasteiger partial charge in [0, 0.05) is 17.4 Å². The van der Waals surface area contributed by atoms with E-state index in [0.29, 0.717) is 18.6 Å². The minimum absolute atomic E-state index is 0.148. The topological polar surface area (TPSA) is 58.9 Å². The molecule has 2 rings (SSSR count). The van der Waals surface area contributed by atoms with Crippen molar-refractivity contribution >= 4 is 0 Å². The van der Waals surface area contributed by atoms with Gasteiger partial charge in [0.15, 0.2) is 0 Å². The summed E-state index contributed by atoms with van der Waals surface area (Å²) in [6, 6.07) is 0. The number of aliphatic hydroxyl groups is 2. The maximum absolute atomic E-state index is 8.89. The third-order valence-corrected chi connectivity index (χ3v) is 4.17. The third-order valence-electron chi connectivity index (χ3n) is 4.17. The second kappa shape index (κ2) is 8.20. The van der Waals surface area contributed by atoms with E-state index in [-0.39, 0.29) is 5.41 Å². The average molecular weight is 274 g/mol. The van der Waals surface area contributed by atoms with Gasteiger partial charge in [0.1, 0.15) is 0 Å². The highest BCUT2D eigenvalue weighted by Crippen LogP contribution is 2.35. The smallest absolute Gasteiger partial charge is 0.0566 e. The summed E-state index contributed by atoms with van der Waals surface area (Å²) in [6.45, 7) is 8.16. The third kappa shape index (κ3) is 4.71. The van der Waals surface area contributed by atoms with Crippen LogP contribution in [0.3, 0.4) is 0 Å². The van der Waals surface area contributed by atoms with E-state index >= 15 is 0 Å². The molecule has 0 amide bonds. The molecule has 0 aromatic rings. The van der Waals surface area contributed by atoms with Crippen LogP contribution in [0.5, 0.6) is 0 Å². The molecule has 2 heterocycles. The van der Waals surface area contributed by atoms with Gasteiger partial charge in [0.05, 0.1) is 33.0 Å². The molecule has 114 valence electrons. The minimum Gasteiger partial charge on any atom is -0.396 e. The Bertz CT molecular complexity index is 221. The zero-order valence-electron chi connectivity index (χ0n) is 12.5. The first-order valence-corrected chi connectivity index (χ1v) is 7.53. The summed E-state index contributed by atoms with van der Waals surface area (Å²) in [4.78, 5) is 0. The normalized spacial score (nSPS) is 22.7. The number of rotatable bonds is 7. The van der Waals surface area contributed by atoms with E-state index < -0.39 is 0 Å². The van der Waals surface area contributed by atoms with Gasteiger partial charge in [-0.1, -0.05) is 26.7 Å². The van der Waals surface area contributed by atoms with E-state index in [1.54, 1.807) is 0 Å². The van der Waals surface area contributed by atoms with Crippen molar-refractivity contribution in [3.63, 3.8) is 0 Å². The second-order valence-electron chi connectivity index (χ2n) is 6.12. The van der Waals surface area contributed by atoms with Crippen molar-refractivity contribution in [2.75, 3.05) is 39.6 Å². The van der Waals surface area contributed by atoms with Crippen molar-refractivity contribution in [2.24, 2.45) is 10.8 Å². The monoisotopic (exact) mass is 274 g/mol. The first-order chi connectivity index (χ1) is 9.16. The van der Waals surface area contributed by atoms with Crippen LogP contribution in [-0.2, 0) is 9.47 Å². The zero-order chi connectivity index (χ0) is 14.2. The highest BCUT2D eigenvalue weighted by Gasteiger charge is 2.37. The van der Waals surface area contributed by atoms with Crippen molar-refractivity contribution in [3.05, 3.63) is 0 Å². The van der Waals surface area contributed by atoms with Gasteiger partial charge in [0.25, 0.3) is 0 Å². The van der Waals surface area contributed by atoms with E-state index in [2.05, 4.69) is 13.8 Å². The number of aliphatic hydroxyl groups excluding tert-OH is 2. The predicted molar refractivity (Wildman–Crippen MR) is 75.1 cm³/mol. The largest absolute Gasteiger partial charge is 0.396 e. The lowest BCUT2D eigenvalue weighted by Crippen LogP contribution is -2.45. The highest BCUT2D eigenvalue weighted by atomic mass is 16.5. The maximum Gasteiger partial charge on any atom is 0.0566 e. The summed E-state index contributed by atoms with van der Waals surface area (Å²) >= 11 is 0. The van der Waals surface area contributed by atoms with Crippen molar-refractivity contribution < 1.29 is 19.7 Å². The molecule has 0 radical (unpaired) electrons. The Balaban J connectivity index is 0.000000191. The average Bonchev–Trinajstić information content (AvgIpc) is 2.32. The van der Waals surface area contributed by atoms with Gasteiger partial charge in [-0.05, 0) is 19.3 Å². The zero-order valence-corrected chi connectivity index (χ0v) is 12.5. The van der Waals surface area contributed by atoms with Gasteiger partial charge >= 0.3 is 0 Å². The molecule has 2 aliphatic heterocycles. The van der Waals surface area contributed by atoms with Crippen molar-refractivity contribution in [1.29, 1.82) is 0 Å². The fourth-order valence-electron chi connectivity index (χ4n) is 2.81. The van der Waals surface area contributed by atoms with Crippen LogP contribution in [-0.4, -0.2) is 49.9 Å². The number of hydrogen-bond acceptors (Lipinski definition) is 4. The molecule has 0 spiro atoms. The van der Waals surface area contributed by atoms with E-state index in [9.17, 15) is 0 Å². The molecule has 0 aliphatic carbocycles. The van der Waals surface area contributed by atoms with Gasteiger partial charge in [-0.3, -0.25) is 0 Å². The molecule has 0 unspecified atom stereocenters. The molecule has 0 aromatic heterocycles. The molecule has 2 aliphatic rings. The summed E-state index contributed by atoms with van der Waals surface area (Å²) < 4.78 is 10.2. The molecular weight excluding hydrogens is 244 g/mol. The number of hydrogen-bond donors (Lipinski definition) is 2. The Morgan fingerprint density at radius 1 is 0.789 bits per heavy atom. The fraction of sp³-hybridized carbons (Fsp3) is 1.00. The fourth-order valence-corrected chi connectivity index (χ4v) is 2.81. The molecule has 19 heavy (non-hydrogen) atoms. The van der Waals surface area contributed by atoms with Crippen molar-refractivity contribution in [2.45, 2.75) is 46.0 Å². The minimum atomic E-state index is 0.148. The van der Waals surface area contributed by atoms with Crippen LogP contribution >= 0.6 is 0 Å². The summed E-state index contributed by atoms with van der Waals surface area (Å²) in [5, 5.41) is 17.6. The van der Waals surface area contributed by atoms with Crippen LogP contribution < -0.4 is 0 Å². The predicted octanol–water partition coefficient (Wildman–Crippen LogP) is 1.98. The Hall–Kier alpha value is -0.160. The quantitative estimate of drug-likeness (QED) is 0.745. The SMILES string of the molecule is CCCC1(CCO)COC1.CCCC1(CO)COC1. The highest BCUT2D eigenvalue weighted by molar-refractivity contribution is 4.84. The van der Waals surface area contributed by atoms with Crippen LogP contribution in [0.1, 0.15) is 46.0 Å². The molecule has 0 saturated carbocycles. The summed E-state index contributed by atoms with van der Waals surface area (Å²) in [6.07, 6.45) is 5.56. The lowest BCUT2D eigenvalue weighted by Gasteiger charge is -2.41. The number of ether oxygens (including phenoxy) is 2. The maximum atomic E-state index is 8.89. The van der Waals surface area contributed by atoms with Gasteiger partial charge < -0.3 is 19.7 Å². The second-order valence-corrected chi connectivity index (χ2v) is 6.12. The molecular formula is C15H30O4. The van der Waals surface area contributed by atoms with E-state index in [1.165, 1.54) is 12.8 Å². The molecule has 0 atom stereocenters. The first-order valence-electron chi connectivity index (χ1n) is 7.53. The van der Waals surface area contributed by atoms with Crippen LogP contribution in [0.15, 0.2) is 0 Å². The van der Waals surface area contributed by atoms with Crippen LogP contribution in [0.4, 0.5) is 0 Å². The van der Waals surface area contributed by atoms with Crippen LogP contribution in [0.25, 0.3) is 0 Å². The van der Waals surface area contributed by atoms with Gasteiger partial charge in [0.2, 0.25) is 0 Å². The molecule has 4 nitrogen and oxygen atoms in total. The van der Waals surface area contributed by atoms with E-state index in [1.807, 2.05) is 0 Å². The van der Waals surface area contributed by atoms with E-state index in [0.717, 1.165) is 45.7 Å². The van der Waals surface area contributed by atoms with Gasteiger partial charge in [-0.25, -0.2) is 0 Å². The lowest BCUT2D eigenvalue weighted by atomic mass is 9.79. The standard InChI is InChI=1S/C8H16O2.C7H14O2/c1-2-3-8(4-5-9)6-10-7-8;1-2-3-7(4-8)5-9-6-7/h9H,2-7H2,1H3;8H,2-6H2,1H3. The molecule has 2 saturated heterocycles. The Labute approximate surface area is 117 Å². The molecule has 2 N–H and O–H groups in total. The summed E-state index contributed by atoms with van der Waals surface area (Å²) in [7, 11) is 0. The summed E-state index contributed by atoms with van der Waals surface area (Å²) in [5.74, 6) is 0. The Morgan fingerprint density at radius 3 is 1.47 bits per heavy atom. The van der Waals surface area contributed by atoms with Crippen molar-refractivity contribution in [3.8, 4) is 0 Å². The Kier molecular flexibility index (Phi) is 7.29. The van der Waals surface area contributed by atoms with Crippen LogP contribution in [0.2, 0.25) is 0 Å².